The largest absolute Gasteiger partial charge is 0.446 e. The molecule has 2 saturated heterocycles. The van der Waals surface area contributed by atoms with Crippen LogP contribution in [-0.2, 0) is 4.74 Å². The second kappa shape index (κ2) is 12.1. The number of allylic oxidation sites excluding steroid dienone is 2. The number of aromatic nitrogens is 2. The number of nitrogens with two attached hydrogens (primary N) is 2. The highest BCUT2D eigenvalue weighted by atomic mass is 16.6. The lowest BCUT2D eigenvalue weighted by Gasteiger charge is -2.37. The highest BCUT2D eigenvalue weighted by molar-refractivity contribution is 5.83. The van der Waals surface area contributed by atoms with Crippen LogP contribution in [0.5, 0.6) is 0 Å². The number of hydrogen-bond donors (Lipinski definition) is 4. The lowest BCUT2D eigenvalue weighted by atomic mass is 10.1. The number of ether oxygens (including phenoxy) is 1. The number of likely N-dealkylation sites (tertiary alicyclic amines) is 1. The van der Waals surface area contributed by atoms with E-state index in [4.69, 9.17) is 16.2 Å². The first-order valence-corrected chi connectivity index (χ1v) is 11.5. The zero-order chi connectivity index (χ0) is 24.5. The van der Waals surface area contributed by atoms with Crippen molar-refractivity contribution in [1.29, 1.82) is 0 Å². The average Bonchev–Trinajstić information content (AvgIpc) is 2.84. The molecule has 0 spiro atoms. The standard InChI is InChI=1S/C22H35N9O3/c1-29-13-8-17(9-14-29)34-22(33)28-19-7-11-25-20(27-19)31-12-4-5-16(15-31)30(2)21(32)26-18(24)6-3-10-23/h3,6-7,10-11,16-17H,4-5,8-9,12-15,23-24H2,1-2H3,(H,26,32)(H,25,27,28,33)/b10-3-,18-6+. The molecule has 2 aliphatic rings. The average molecular weight is 474 g/mol. The van der Waals surface area contributed by atoms with Crippen LogP contribution < -0.4 is 27.0 Å². The fourth-order valence-electron chi connectivity index (χ4n) is 3.99. The van der Waals surface area contributed by atoms with Gasteiger partial charge in [-0.1, -0.05) is 0 Å². The van der Waals surface area contributed by atoms with Gasteiger partial charge in [0.25, 0.3) is 0 Å². The Hall–Kier alpha value is -3.54. The summed E-state index contributed by atoms with van der Waals surface area (Å²) >= 11 is 0. The van der Waals surface area contributed by atoms with Gasteiger partial charge < -0.3 is 30.9 Å². The number of piperidine rings is 2. The number of carbonyl (C=O) groups is 2. The zero-order valence-corrected chi connectivity index (χ0v) is 19.8. The van der Waals surface area contributed by atoms with Crippen molar-refractivity contribution < 1.29 is 14.3 Å². The monoisotopic (exact) mass is 473 g/mol. The van der Waals surface area contributed by atoms with Crippen molar-refractivity contribution in [2.75, 3.05) is 50.5 Å². The van der Waals surface area contributed by atoms with Crippen LogP contribution in [0.25, 0.3) is 0 Å². The number of rotatable bonds is 6. The van der Waals surface area contributed by atoms with Crippen molar-refractivity contribution in [3.8, 4) is 0 Å². The van der Waals surface area contributed by atoms with E-state index in [1.165, 1.54) is 12.3 Å². The highest BCUT2D eigenvalue weighted by Gasteiger charge is 2.28. The molecule has 3 amide bonds. The van der Waals surface area contributed by atoms with E-state index in [-0.39, 0.29) is 24.0 Å². The van der Waals surface area contributed by atoms with Gasteiger partial charge in [0, 0.05) is 39.4 Å². The van der Waals surface area contributed by atoms with Crippen molar-refractivity contribution in [2.45, 2.75) is 37.8 Å². The zero-order valence-electron chi connectivity index (χ0n) is 19.8. The number of carbonyl (C=O) groups excluding carboxylic acids is 2. The van der Waals surface area contributed by atoms with Crippen molar-refractivity contribution in [3.05, 3.63) is 36.4 Å². The molecule has 186 valence electrons. The van der Waals surface area contributed by atoms with E-state index in [0.717, 1.165) is 45.3 Å². The van der Waals surface area contributed by atoms with E-state index in [2.05, 4.69) is 32.5 Å². The summed E-state index contributed by atoms with van der Waals surface area (Å²) in [5, 5.41) is 5.35. The number of hydrogen-bond acceptors (Lipinski definition) is 9. The van der Waals surface area contributed by atoms with Crippen LogP contribution in [0.2, 0.25) is 0 Å². The Morgan fingerprint density at radius 1 is 1.26 bits per heavy atom. The SMILES string of the molecule is CN1CCC(OC(=O)Nc2ccnc(N3CCCC(N(C)C(=O)N/C(N)=C/C=C\N)C3)n2)CC1. The fraction of sp³-hybridized carbons (Fsp3) is 0.545. The maximum atomic E-state index is 12.5. The van der Waals surface area contributed by atoms with E-state index < -0.39 is 6.09 Å². The minimum Gasteiger partial charge on any atom is -0.446 e. The quantitative estimate of drug-likeness (QED) is 0.443. The van der Waals surface area contributed by atoms with E-state index in [1.807, 2.05) is 4.90 Å². The van der Waals surface area contributed by atoms with E-state index in [1.54, 1.807) is 30.3 Å². The third kappa shape index (κ3) is 7.24. The van der Waals surface area contributed by atoms with Gasteiger partial charge in [-0.3, -0.25) is 10.6 Å². The molecule has 0 aromatic carbocycles. The summed E-state index contributed by atoms with van der Waals surface area (Å²) in [5.41, 5.74) is 11.1. The first kappa shape index (κ1) is 25.1. The number of nitrogens with zero attached hydrogens (tertiary/aromatic N) is 5. The first-order chi connectivity index (χ1) is 16.4. The lowest BCUT2D eigenvalue weighted by Crippen LogP contribution is -2.52. The number of amides is 3. The third-order valence-electron chi connectivity index (χ3n) is 6.00. The van der Waals surface area contributed by atoms with Crippen LogP contribution in [-0.4, -0.2) is 84.3 Å². The van der Waals surface area contributed by atoms with Crippen molar-refractivity contribution >= 4 is 23.9 Å². The Labute approximate surface area is 200 Å². The molecule has 2 fully saturated rings. The fourth-order valence-corrected chi connectivity index (χ4v) is 3.99. The van der Waals surface area contributed by atoms with Gasteiger partial charge in [0.05, 0.1) is 6.04 Å². The molecule has 0 saturated carbocycles. The van der Waals surface area contributed by atoms with Crippen LogP contribution in [0, 0.1) is 0 Å². The van der Waals surface area contributed by atoms with Gasteiger partial charge in [0.15, 0.2) is 0 Å². The summed E-state index contributed by atoms with van der Waals surface area (Å²) in [5.74, 6) is 1.07. The van der Waals surface area contributed by atoms with Gasteiger partial charge >= 0.3 is 12.1 Å². The molecule has 3 rings (SSSR count). The molecule has 0 bridgehead atoms. The summed E-state index contributed by atoms with van der Waals surface area (Å²) in [4.78, 5) is 39.6. The predicted molar refractivity (Wildman–Crippen MR) is 130 cm³/mol. The molecule has 1 aromatic heterocycles. The van der Waals surface area contributed by atoms with Crippen molar-refractivity contribution in [2.24, 2.45) is 11.5 Å². The Kier molecular flexibility index (Phi) is 8.91. The van der Waals surface area contributed by atoms with E-state index in [9.17, 15) is 9.59 Å². The molecule has 1 unspecified atom stereocenters. The molecule has 12 heteroatoms. The summed E-state index contributed by atoms with van der Waals surface area (Å²) in [6, 6.07) is 1.27. The molecule has 1 aromatic rings. The van der Waals surface area contributed by atoms with Crippen LogP contribution >= 0.6 is 0 Å². The van der Waals surface area contributed by atoms with Gasteiger partial charge in [0.2, 0.25) is 5.95 Å². The third-order valence-corrected chi connectivity index (χ3v) is 6.00. The minimum atomic E-state index is -0.512. The molecule has 0 aliphatic carbocycles. The predicted octanol–water partition coefficient (Wildman–Crippen LogP) is 1.00. The van der Waals surface area contributed by atoms with Gasteiger partial charge in [-0.2, -0.15) is 4.98 Å². The number of urea groups is 1. The molecule has 0 radical (unpaired) electrons. The Morgan fingerprint density at radius 3 is 2.76 bits per heavy atom. The lowest BCUT2D eigenvalue weighted by molar-refractivity contribution is 0.0661. The van der Waals surface area contributed by atoms with Crippen LogP contribution in [0.3, 0.4) is 0 Å². The number of nitrogens with one attached hydrogen (secondary N) is 2. The van der Waals surface area contributed by atoms with Gasteiger partial charge in [-0.25, -0.2) is 14.6 Å². The van der Waals surface area contributed by atoms with Crippen molar-refractivity contribution in [3.63, 3.8) is 0 Å². The second-order valence-electron chi connectivity index (χ2n) is 8.56. The van der Waals surface area contributed by atoms with Crippen LogP contribution in [0.15, 0.2) is 36.4 Å². The summed E-state index contributed by atoms with van der Waals surface area (Å²) in [6.07, 6.45) is 8.74. The second-order valence-corrected chi connectivity index (χ2v) is 8.56. The molecule has 6 N–H and O–H groups in total. The topological polar surface area (TPSA) is 155 Å². The molecule has 1 atom stereocenters. The molecular formula is C22H35N9O3. The smallest absolute Gasteiger partial charge is 0.413 e. The Balaban J connectivity index is 1.56. The van der Waals surface area contributed by atoms with Crippen LogP contribution in [0.1, 0.15) is 25.7 Å². The summed E-state index contributed by atoms with van der Waals surface area (Å²) < 4.78 is 5.53. The molecular weight excluding hydrogens is 438 g/mol. The number of likely N-dealkylation sites (N-methyl/N-ethyl adjacent to an activating group) is 1. The highest BCUT2D eigenvalue weighted by Crippen LogP contribution is 2.20. The molecule has 2 aliphatic heterocycles. The molecule has 3 heterocycles. The summed E-state index contributed by atoms with van der Waals surface area (Å²) in [6.45, 7) is 3.12. The minimum absolute atomic E-state index is 0.0544. The van der Waals surface area contributed by atoms with Crippen molar-refractivity contribution in [1.82, 2.24) is 25.1 Å². The maximum Gasteiger partial charge on any atom is 0.413 e. The molecule has 34 heavy (non-hydrogen) atoms. The summed E-state index contributed by atoms with van der Waals surface area (Å²) in [7, 11) is 3.79. The van der Waals surface area contributed by atoms with Crippen LogP contribution in [0.4, 0.5) is 21.4 Å². The van der Waals surface area contributed by atoms with Gasteiger partial charge in [-0.15, -0.1) is 0 Å². The normalized spacial score (nSPS) is 20.2. The van der Waals surface area contributed by atoms with Gasteiger partial charge in [-0.05, 0) is 57.1 Å². The van der Waals surface area contributed by atoms with E-state index >= 15 is 0 Å². The van der Waals surface area contributed by atoms with Gasteiger partial charge in [0.1, 0.15) is 17.7 Å². The number of anilines is 2. The Morgan fingerprint density at radius 2 is 2.03 bits per heavy atom. The molecule has 12 nitrogen and oxygen atoms in total. The first-order valence-electron chi connectivity index (χ1n) is 11.5. The van der Waals surface area contributed by atoms with E-state index in [0.29, 0.717) is 18.3 Å². The Bertz CT molecular complexity index is 899. The maximum absolute atomic E-state index is 12.5.